The molecule has 0 aliphatic carbocycles. The van der Waals surface area contributed by atoms with Crippen molar-refractivity contribution < 1.29 is 18.7 Å². The Labute approximate surface area is 107 Å². The number of esters is 1. The summed E-state index contributed by atoms with van der Waals surface area (Å²) in [5.74, 6) is 0.128. The first-order valence-corrected chi connectivity index (χ1v) is 6.26. The van der Waals surface area contributed by atoms with Gasteiger partial charge in [-0.3, -0.25) is 4.79 Å². The van der Waals surface area contributed by atoms with E-state index >= 15 is 0 Å². The second-order valence-corrected chi connectivity index (χ2v) is 3.98. The molecule has 0 saturated heterocycles. The van der Waals surface area contributed by atoms with E-state index < -0.39 is 0 Å². The smallest absolute Gasteiger partial charge is 0.305 e. The van der Waals surface area contributed by atoms with Crippen molar-refractivity contribution in [3.63, 3.8) is 0 Å². The van der Waals surface area contributed by atoms with Crippen molar-refractivity contribution >= 4 is 5.97 Å². The summed E-state index contributed by atoms with van der Waals surface area (Å²) < 4.78 is 23.0. The molecule has 0 amide bonds. The molecule has 0 bridgehead atoms. The number of carbonyl (C=O) groups is 1. The molecule has 1 aromatic rings. The summed E-state index contributed by atoms with van der Waals surface area (Å²) in [4.78, 5) is 11.2. The third-order valence-corrected chi connectivity index (χ3v) is 2.37. The largest absolute Gasteiger partial charge is 0.494 e. The fraction of sp³-hybridized carbons (Fsp3) is 0.500. The molecule has 0 aliphatic rings. The van der Waals surface area contributed by atoms with Crippen LogP contribution in [0.4, 0.5) is 4.39 Å². The van der Waals surface area contributed by atoms with Crippen molar-refractivity contribution in [2.45, 2.75) is 32.6 Å². The van der Waals surface area contributed by atoms with Crippen LogP contribution in [0.1, 0.15) is 32.6 Å². The number of hydrogen-bond acceptors (Lipinski definition) is 3. The molecule has 0 unspecified atom stereocenters. The molecule has 3 nitrogen and oxygen atoms in total. The van der Waals surface area contributed by atoms with Crippen LogP contribution in [0, 0.1) is 5.82 Å². The molecular formula is C14H19FO3. The molecule has 0 aliphatic heterocycles. The van der Waals surface area contributed by atoms with Gasteiger partial charge in [-0.15, -0.1) is 0 Å². The Bertz CT molecular complexity index is 349. The van der Waals surface area contributed by atoms with E-state index in [0.717, 1.165) is 12.8 Å². The molecule has 0 radical (unpaired) electrons. The lowest BCUT2D eigenvalue weighted by Gasteiger charge is -2.06. The summed E-state index contributed by atoms with van der Waals surface area (Å²) >= 11 is 0. The van der Waals surface area contributed by atoms with Gasteiger partial charge in [-0.25, -0.2) is 4.39 Å². The first-order valence-electron chi connectivity index (χ1n) is 6.26. The van der Waals surface area contributed by atoms with Gasteiger partial charge < -0.3 is 9.47 Å². The van der Waals surface area contributed by atoms with Gasteiger partial charge in [0.05, 0.1) is 13.2 Å². The predicted molar refractivity (Wildman–Crippen MR) is 67.0 cm³/mol. The minimum absolute atomic E-state index is 0.189. The van der Waals surface area contributed by atoms with Crippen LogP contribution in [-0.4, -0.2) is 19.2 Å². The van der Waals surface area contributed by atoms with Gasteiger partial charge in [0.2, 0.25) is 0 Å². The fourth-order valence-electron chi connectivity index (χ4n) is 1.34. The maximum Gasteiger partial charge on any atom is 0.305 e. The number of halogens is 1. The van der Waals surface area contributed by atoms with Crippen molar-refractivity contribution in [1.29, 1.82) is 0 Å². The van der Waals surface area contributed by atoms with Crippen LogP contribution in [0.3, 0.4) is 0 Å². The second-order valence-electron chi connectivity index (χ2n) is 3.98. The lowest BCUT2D eigenvalue weighted by molar-refractivity contribution is -0.144. The van der Waals surface area contributed by atoms with Crippen LogP contribution >= 0.6 is 0 Å². The van der Waals surface area contributed by atoms with Gasteiger partial charge in [-0.1, -0.05) is 13.3 Å². The molecule has 18 heavy (non-hydrogen) atoms. The zero-order valence-corrected chi connectivity index (χ0v) is 10.7. The zero-order valence-electron chi connectivity index (χ0n) is 10.7. The third kappa shape index (κ3) is 6.23. The summed E-state index contributed by atoms with van der Waals surface area (Å²) in [6.45, 7) is 2.97. The summed E-state index contributed by atoms with van der Waals surface area (Å²) in [5, 5.41) is 0. The van der Waals surface area contributed by atoms with E-state index in [4.69, 9.17) is 9.47 Å². The van der Waals surface area contributed by atoms with Gasteiger partial charge in [-0.05, 0) is 37.1 Å². The highest BCUT2D eigenvalue weighted by atomic mass is 19.1. The standard InChI is InChI=1S/C14H19FO3/c1-2-3-10-18-14(16)5-4-11-17-13-8-6-12(15)7-9-13/h6-9H,2-5,10-11H2,1H3. The van der Waals surface area contributed by atoms with Crippen LogP contribution in [0.2, 0.25) is 0 Å². The minimum Gasteiger partial charge on any atom is -0.494 e. The van der Waals surface area contributed by atoms with Crippen molar-refractivity contribution in [3.05, 3.63) is 30.1 Å². The van der Waals surface area contributed by atoms with E-state index in [1.165, 1.54) is 12.1 Å². The normalized spacial score (nSPS) is 10.1. The first kappa shape index (κ1) is 14.5. The predicted octanol–water partition coefficient (Wildman–Crippen LogP) is 3.33. The second kappa shape index (κ2) is 8.50. The summed E-state index contributed by atoms with van der Waals surface area (Å²) in [7, 11) is 0. The molecule has 1 aromatic carbocycles. The minimum atomic E-state index is -0.290. The molecule has 0 fully saturated rings. The quantitative estimate of drug-likeness (QED) is 0.527. The Kier molecular flexibility index (Phi) is 6.84. The van der Waals surface area contributed by atoms with E-state index in [1.54, 1.807) is 12.1 Å². The van der Waals surface area contributed by atoms with Crippen LogP contribution in [-0.2, 0) is 9.53 Å². The zero-order chi connectivity index (χ0) is 13.2. The number of benzene rings is 1. The van der Waals surface area contributed by atoms with E-state index in [0.29, 0.717) is 31.8 Å². The van der Waals surface area contributed by atoms with Gasteiger partial charge in [0.15, 0.2) is 0 Å². The molecule has 0 spiro atoms. The highest BCUT2D eigenvalue weighted by Crippen LogP contribution is 2.11. The Balaban J connectivity index is 2.07. The monoisotopic (exact) mass is 254 g/mol. The maximum atomic E-state index is 12.6. The van der Waals surface area contributed by atoms with E-state index in [1.807, 2.05) is 6.92 Å². The SMILES string of the molecule is CCCCOC(=O)CCCOc1ccc(F)cc1. The number of rotatable bonds is 8. The Morgan fingerprint density at radius 3 is 2.56 bits per heavy atom. The molecule has 100 valence electrons. The van der Waals surface area contributed by atoms with Crippen molar-refractivity contribution in [2.24, 2.45) is 0 Å². The first-order chi connectivity index (χ1) is 8.72. The summed E-state index contributed by atoms with van der Waals surface area (Å²) in [6.07, 6.45) is 2.87. The third-order valence-electron chi connectivity index (χ3n) is 2.37. The topological polar surface area (TPSA) is 35.5 Å². The number of unbranched alkanes of at least 4 members (excludes halogenated alkanes) is 1. The molecular weight excluding hydrogens is 235 g/mol. The average Bonchev–Trinajstić information content (AvgIpc) is 2.37. The lowest BCUT2D eigenvalue weighted by Crippen LogP contribution is -2.08. The average molecular weight is 254 g/mol. The molecule has 0 aromatic heterocycles. The molecule has 0 atom stereocenters. The fourth-order valence-corrected chi connectivity index (χ4v) is 1.34. The number of ether oxygens (including phenoxy) is 2. The Hall–Kier alpha value is -1.58. The number of hydrogen-bond donors (Lipinski definition) is 0. The molecule has 0 saturated carbocycles. The Morgan fingerprint density at radius 2 is 1.89 bits per heavy atom. The lowest BCUT2D eigenvalue weighted by atomic mass is 10.3. The number of carbonyl (C=O) groups excluding carboxylic acids is 1. The van der Waals surface area contributed by atoms with Crippen molar-refractivity contribution in [1.82, 2.24) is 0 Å². The van der Waals surface area contributed by atoms with Gasteiger partial charge >= 0.3 is 5.97 Å². The van der Waals surface area contributed by atoms with E-state index in [-0.39, 0.29) is 11.8 Å². The summed E-state index contributed by atoms with van der Waals surface area (Å²) in [5.41, 5.74) is 0. The molecule has 4 heteroatoms. The van der Waals surface area contributed by atoms with Gasteiger partial charge in [0.1, 0.15) is 11.6 Å². The van der Waals surface area contributed by atoms with E-state index in [9.17, 15) is 9.18 Å². The molecule has 0 N–H and O–H groups in total. The Morgan fingerprint density at radius 1 is 1.17 bits per heavy atom. The van der Waals surface area contributed by atoms with Crippen LogP contribution in [0.15, 0.2) is 24.3 Å². The summed E-state index contributed by atoms with van der Waals surface area (Å²) in [6, 6.07) is 5.81. The highest BCUT2D eigenvalue weighted by Gasteiger charge is 2.02. The van der Waals surface area contributed by atoms with Gasteiger partial charge in [0, 0.05) is 6.42 Å². The highest BCUT2D eigenvalue weighted by molar-refractivity contribution is 5.69. The van der Waals surface area contributed by atoms with Crippen LogP contribution < -0.4 is 4.74 Å². The van der Waals surface area contributed by atoms with Gasteiger partial charge in [-0.2, -0.15) is 0 Å². The molecule has 0 heterocycles. The van der Waals surface area contributed by atoms with Crippen molar-refractivity contribution in [2.75, 3.05) is 13.2 Å². The molecule has 1 rings (SSSR count). The van der Waals surface area contributed by atoms with Crippen LogP contribution in [0.25, 0.3) is 0 Å². The van der Waals surface area contributed by atoms with Crippen molar-refractivity contribution in [3.8, 4) is 5.75 Å². The van der Waals surface area contributed by atoms with Crippen LogP contribution in [0.5, 0.6) is 5.75 Å². The van der Waals surface area contributed by atoms with Gasteiger partial charge in [0.25, 0.3) is 0 Å². The maximum absolute atomic E-state index is 12.6. The van der Waals surface area contributed by atoms with E-state index in [2.05, 4.69) is 0 Å².